The van der Waals surface area contributed by atoms with Crippen LogP contribution in [-0.4, -0.2) is 13.0 Å². The van der Waals surface area contributed by atoms with Gasteiger partial charge < -0.3 is 4.42 Å². The maximum atomic E-state index is 12.8. The van der Waals surface area contributed by atoms with E-state index in [0.29, 0.717) is 11.1 Å². The highest BCUT2D eigenvalue weighted by molar-refractivity contribution is 7.90. The third-order valence-corrected chi connectivity index (χ3v) is 5.97. The van der Waals surface area contributed by atoms with Gasteiger partial charge >= 0.3 is 5.76 Å². The van der Waals surface area contributed by atoms with E-state index in [0.717, 1.165) is 11.1 Å². The smallest absolute Gasteiger partial charge is 0.408 e. The summed E-state index contributed by atoms with van der Waals surface area (Å²) >= 11 is 6.13. The van der Waals surface area contributed by atoms with Crippen LogP contribution in [0.25, 0.3) is 11.1 Å². The number of aromatic nitrogens is 1. The van der Waals surface area contributed by atoms with E-state index in [2.05, 4.69) is 0 Å². The topological polar surface area (TPSA) is 69.3 Å². The second kappa shape index (κ2) is 5.79. The largest absolute Gasteiger partial charge is 0.419 e. The molecule has 0 fully saturated rings. The molecule has 0 unspecified atom stereocenters. The summed E-state index contributed by atoms with van der Waals surface area (Å²) in [5, 5.41) is 0.0428. The van der Waals surface area contributed by atoms with Crippen molar-refractivity contribution in [2.45, 2.75) is 24.5 Å². The molecule has 5 nitrogen and oxygen atoms in total. The lowest BCUT2D eigenvalue weighted by atomic mass is 10.1. The van der Waals surface area contributed by atoms with Gasteiger partial charge in [-0.3, -0.25) is 4.57 Å². The lowest BCUT2D eigenvalue weighted by Gasteiger charge is -2.09. The molecule has 0 aliphatic carbocycles. The average Bonchev–Trinajstić information content (AvgIpc) is 2.70. The standard InChI is InChI=1S/C17H16ClNO4S/c1-10-4-11(2)6-12(5-10)9-24(21,22)16-8-14-15(7-13(16)18)23-17(20)19(14)3/h4-8H,9H2,1-3H3. The summed E-state index contributed by atoms with van der Waals surface area (Å²) in [6.07, 6.45) is 0. The van der Waals surface area contributed by atoms with Crippen molar-refractivity contribution in [3.63, 3.8) is 0 Å². The SMILES string of the molecule is Cc1cc(C)cc(CS(=O)(=O)c2cc3c(cc2Cl)oc(=O)n3C)c1. The normalized spacial score (nSPS) is 12.0. The van der Waals surface area contributed by atoms with E-state index in [1.807, 2.05) is 32.0 Å². The minimum Gasteiger partial charge on any atom is -0.408 e. The van der Waals surface area contributed by atoms with Crippen molar-refractivity contribution in [1.82, 2.24) is 4.57 Å². The van der Waals surface area contributed by atoms with Crippen LogP contribution in [0, 0.1) is 13.8 Å². The van der Waals surface area contributed by atoms with Gasteiger partial charge in [-0.1, -0.05) is 40.9 Å². The van der Waals surface area contributed by atoms with Crippen LogP contribution in [0.1, 0.15) is 16.7 Å². The van der Waals surface area contributed by atoms with E-state index in [-0.39, 0.29) is 21.3 Å². The Bertz CT molecular complexity index is 1090. The monoisotopic (exact) mass is 365 g/mol. The van der Waals surface area contributed by atoms with Gasteiger partial charge in [-0.15, -0.1) is 0 Å². The number of hydrogen-bond donors (Lipinski definition) is 0. The van der Waals surface area contributed by atoms with E-state index in [4.69, 9.17) is 16.0 Å². The van der Waals surface area contributed by atoms with Crippen molar-refractivity contribution in [1.29, 1.82) is 0 Å². The van der Waals surface area contributed by atoms with Crippen LogP contribution in [0.3, 0.4) is 0 Å². The molecular weight excluding hydrogens is 350 g/mol. The third-order valence-electron chi connectivity index (χ3n) is 3.82. The summed E-state index contributed by atoms with van der Waals surface area (Å²) in [6.45, 7) is 3.84. The van der Waals surface area contributed by atoms with Gasteiger partial charge in [0, 0.05) is 13.1 Å². The number of rotatable bonds is 3. The average molecular weight is 366 g/mol. The first-order chi connectivity index (χ1) is 11.2. The van der Waals surface area contributed by atoms with Gasteiger partial charge in [-0.25, -0.2) is 13.2 Å². The molecule has 0 spiro atoms. The molecule has 0 saturated carbocycles. The predicted octanol–water partition coefficient (Wildman–Crippen LogP) is 3.38. The minimum atomic E-state index is -3.67. The van der Waals surface area contributed by atoms with Crippen LogP contribution in [0.4, 0.5) is 0 Å². The quantitative estimate of drug-likeness (QED) is 0.713. The van der Waals surface area contributed by atoms with E-state index >= 15 is 0 Å². The van der Waals surface area contributed by atoms with Crippen LogP contribution in [0.2, 0.25) is 5.02 Å². The van der Waals surface area contributed by atoms with Crippen LogP contribution in [0.15, 0.2) is 44.4 Å². The Balaban J connectivity index is 2.12. The second-order valence-electron chi connectivity index (χ2n) is 5.93. The maximum Gasteiger partial charge on any atom is 0.419 e. The molecule has 126 valence electrons. The van der Waals surface area contributed by atoms with Crippen LogP contribution < -0.4 is 5.76 Å². The van der Waals surface area contributed by atoms with Crippen LogP contribution >= 0.6 is 11.6 Å². The van der Waals surface area contributed by atoms with Gasteiger partial charge in [0.15, 0.2) is 15.4 Å². The van der Waals surface area contributed by atoms with Crippen molar-refractivity contribution >= 4 is 32.5 Å². The molecule has 1 aromatic heterocycles. The van der Waals surface area contributed by atoms with E-state index in [1.54, 1.807) is 0 Å². The van der Waals surface area contributed by atoms with Gasteiger partial charge in [-0.2, -0.15) is 0 Å². The molecule has 1 heterocycles. The maximum absolute atomic E-state index is 12.8. The number of fused-ring (bicyclic) bond motifs is 1. The molecule has 0 amide bonds. The first kappa shape index (κ1) is 16.8. The fourth-order valence-electron chi connectivity index (χ4n) is 2.82. The van der Waals surface area contributed by atoms with Crippen molar-refractivity contribution < 1.29 is 12.8 Å². The summed E-state index contributed by atoms with van der Waals surface area (Å²) in [7, 11) is -2.15. The Hall–Kier alpha value is -2.05. The van der Waals surface area contributed by atoms with E-state index < -0.39 is 15.6 Å². The van der Waals surface area contributed by atoms with Crippen LogP contribution in [-0.2, 0) is 22.6 Å². The molecule has 2 aromatic carbocycles. The Kier molecular flexibility index (Phi) is 4.05. The molecule has 3 rings (SSSR count). The highest BCUT2D eigenvalue weighted by atomic mass is 35.5. The summed E-state index contributed by atoms with van der Waals surface area (Å²) in [6, 6.07) is 8.42. The molecule has 0 saturated heterocycles. The number of benzene rings is 2. The number of hydrogen-bond acceptors (Lipinski definition) is 4. The molecular formula is C17H16ClNO4S. The summed E-state index contributed by atoms with van der Waals surface area (Å²) < 4.78 is 31.9. The van der Waals surface area contributed by atoms with Gasteiger partial charge in [0.25, 0.3) is 0 Å². The predicted molar refractivity (Wildman–Crippen MR) is 93.3 cm³/mol. The number of halogens is 1. The molecule has 3 aromatic rings. The minimum absolute atomic E-state index is 0.00720. The fourth-order valence-corrected chi connectivity index (χ4v) is 4.73. The fraction of sp³-hybridized carbons (Fsp3) is 0.235. The summed E-state index contributed by atoms with van der Waals surface area (Å²) in [5.74, 6) is -0.725. The van der Waals surface area contributed by atoms with E-state index in [9.17, 15) is 13.2 Å². The first-order valence-corrected chi connectivity index (χ1v) is 9.29. The van der Waals surface area contributed by atoms with Crippen molar-refractivity contribution in [3.8, 4) is 0 Å². The van der Waals surface area contributed by atoms with Gasteiger partial charge in [0.2, 0.25) is 0 Å². The molecule has 0 radical (unpaired) electrons. The van der Waals surface area contributed by atoms with Gasteiger partial charge in [0.1, 0.15) is 0 Å². The van der Waals surface area contributed by atoms with E-state index in [1.165, 1.54) is 23.7 Å². The molecule has 24 heavy (non-hydrogen) atoms. The third kappa shape index (κ3) is 2.99. The lowest BCUT2D eigenvalue weighted by molar-refractivity contribution is 0.528. The summed E-state index contributed by atoms with van der Waals surface area (Å²) in [5.41, 5.74) is 3.35. The summed E-state index contributed by atoms with van der Waals surface area (Å²) in [4.78, 5) is 11.6. The highest BCUT2D eigenvalue weighted by Crippen LogP contribution is 2.29. The van der Waals surface area contributed by atoms with Crippen LogP contribution in [0.5, 0.6) is 0 Å². The highest BCUT2D eigenvalue weighted by Gasteiger charge is 2.22. The zero-order chi connectivity index (χ0) is 17.6. The Morgan fingerprint density at radius 1 is 1.08 bits per heavy atom. The molecule has 7 heteroatoms. The number of aryl methyl sites for hydroxylation is 3. The molecule has 0 N–H and O–H groups in total. The first-order valence-electron chi connectivity index (χ1n) is 7.26. The zero-order valence-electron chi connectivity index (χ0n) is 13.5. The lowest BCUT2D eigenvalue weighted by Crippen LogP contribution is -2.09. The zero-order valence-corrected chi connectivity index (χ0v) is 15.0. The van der Waals surface area contributed by atoms with Gasteiger partial charge in [-0.05, 0) is 25.5 Å². The molecule has 0 aliphatic rings. The van der Waals surface area contributed by atoms with Crippen molar-refractivity contribution in [2.24, 2.45) is 7.05 Å². The number of oxazole rings is 1. The second-order valence-corrected chi connectivity index (χ2v) is 8.30. The Labute approximate surface area is 144 Å². The molecule has 0 bridgehead atoms. The number of nitrogens with zero attached hydrogens (tertiary/aromatic N) is 1. The Morgan fingerprint density at radius 3 is 2.33 bits per heavy atom. The van der Waals surface area contributed by atoms with Crippen molar-refractivity contribution in [3.05, 3.63) is 62.6 Å². The Morgan fingerprint density at radius 2 is 1.71 bits per heavy atom. The number of sulfone groups is 1. The molecule has 0 atom stereocenters. The van der Waals surface area contributed by atoms with Crippen molar-refractivity contribution in [2.75, 3.05) is 0 Å². The molecule has 0 aliphatic heterocycles. The van der Waals surface area contributed by atoms with Gasteiger partial charge in [0.05, 0.1) is 21.2 Å².